The molecule has 1 atom stereocenters. The lowest BCUT2D eigenvalue weighted by atomic mass is 9.91. The number of amidine groups is 1. The monoisotopic (exact) mass is 367 g/mol. The molecule has 0 bridgehead atoms. The molecule has 3 aliphatic rings. The van der Waals surface area contributed by atoms with E-state index in [1.165, 1.54) is 0 Å². The van der Waals surface area contributed by atoms with Crippen molar-refractivity contribution in [3.05, 3.63) is 24.4 Å². The molecule has 4 heterocycles. The quantitative estimate of drug-likeness (QED) is 0.823. The van der Waals surface area contributed by atoms with Crippen LogP contribution < -0.4 is 15.1 Å². The van der Waals surface area contributed by atoms with Gasteiger partial charge in [-0.15, -0.1) is 0 Å². The largest absolute Gasteiger partial charge is 0.483 e. The minimum atomic E-state index is -0.353. The highest BCUT2D eigenvalue weighted by atomic mass is 16.5. The van der Waals surface area contributed by atoms with E-state index in [1.54, 1.807) is 6.92 Å². The van der Waals surface area contributed by atoms with Gasteiger partial charge in [0, 0.05) is 31.6 Å². The van der Waals surface area contributed by atoms with Crippen molar-refractivity contribution >= 4 is 34.2 Å². The van der Waals surface area contributed by atoms with Gasteiger partial charge in [-0.25, -0.2) is 5.43 Å². The number of nitrogens with zero attached hydrogens (tertiary/aromatic N) is 4. The van der Waals surface area contributed by atoms with Gasteiger partial charge in [0.15, 0.2) is 5.84 Å². The molecular formula is C19H21N5O3. The van der Waals surface area contributed by atoms with Gasteiger partial charge < -0.3 is 19.1 Å². The number of aromatic nitrogens is 1. The van der Waals surface area contributed by atoms with E-state index in [0.717, 1.165) is 22.3 Å². The van der Waals surface area contributed by atoms with Crippen molar-refractivity contribution in [2.45, 2.75) is 32.4 Å². The standard InChI is InChI=1S/C19H21N5O3/c1-11-18(26)21-20-17-8-27-16-6-13-4-5-23(14(13)7-15(16)24(11)17)19(3)9-22(10-19)12(2)25/h4-7,11H,8-10H2,1-3H3,(H,21,26). The van der Waals surface area contributed by atoms with Gasteiger partial charge in [0.25, 0.3) is 5.91 Å². The Hall–Kier alpha value is -3.03. The van der Waals surface area contributed by atoms with Crippen LogP contribution in [0.4, 0.5) is 5.69 Å². The SMILES string of the molecule is CC(=O)N1CC(C)(n2ccc3cc4c(cc32)N2C(=NNC(=O)C2C)CO4)C1. The maximum atomic E-state index is 12.1. The Bertz CT molecular complexity index is 1020. The summed E-state index contributed by atoms with van der Waals surface area (Å²) in [5.74, 6) is 1.42. The molecule has 1 N–H and O–H groups in total. The van der Waals surface area contributed by atoms with Crippen LogP contribution in [0, 0.1) is 0 Å². The number of anilines is 1. The van der Waals surface area contributed by atoms with Gasteiger partial charge in [-0.1, -0.05) is 0 Å². The van der Waals surface area contributed by atoms with E-state index in [2.05, 4.69) is 40.3 Å². The average Bonchev–Trinajstić information content (AvgIpc) is 3.03. The number of amides is 2. The maximum absolute atomic E-state index is 12.1. The van der Waals surface area contributed by atoms with Crippen LogP contribution in [0.2, 0.25) is 0 Å². The summed E-state index contributed by atoms with van der Waals surface area (Å²) < 4.78 is 8.11. The van der Waals surface area contributed by atoms with Gasteiger partial charge in [-0.05, 0) is 32.0 Å². The molecule has 1 unspecified atom stereocenters. The fourth-order valence-electron chi connectivity index (χ4n) is 4.28. The summed E-state index contributed by atoms with van der Waals surface area (Å²) in [4.78, 5) is 27.5. The second-order valence-corrected chi connectivity index (χ2v) is 7.78. The third-order valence-electron chi connectivity index (χ3n) is 5.82. The number of rotatable bonds is 1. The second kappa shape index (κ2) is 5.25. The van der Waals surface area contributed by atoms with Crippen molar-refractivity contribution in [2.24, 2.45) is 5.10 Å². The van der Waals surface area contributed by atoms with Crippen molar-refractivity contribution in [2.75, 3.05) is 24.6 Å². The Morgan fingerprint density at radius 1 is 1.37 bits per heavy atom. The molecule has 2 aromatic rings. The summed E-state index contributed by atoms with van der Waals surface area (Å²) in [7, 11) is 0. The van der Waals surface area contributed by atoms with E-state index in [9.17, 15) is 9.59 Å². The second-order valence-electron chi connectivity index (χ2n) is 7.78. The number of benzene rings is 1. The molecule has 0 saturated carbocycles. The number of hydrogen-bond acceptors (Lipinski definition) is 5. The van der Waals surface area contributed by atoms with Gasteiger partial charge in [-0.2, -0.15) is 5.10 Å². The van der Waals surface area contributed by atoms with Gasteiger partial charge in [0.1, 0.15) is 18.4 Å². The molecular weight excluding hydrogens is 346 g/mol. The van der Waals surface area contributed by atoms with E-state index in [4.69, 9.17) is 4.74 Å². The molecule has 1 aromatic heterocycles. The van der Waals surface area contributed by atoms with Gasteiger partial charge in [0.05, 0.1) is 16.7 Å². The average molecular weight is 367 g/mol. The number of hydrazone groups is 1. The van der Waals surface area contributed by atoms with Crippen LogP contribution in [0.25, 0.3) is 10.9 Å². The molecule has 1 saturated heterocycles. The van der Waals surface area contributed by atoms with Gasteiger partial charge in [0.2, 0.25) is 5.91 Å². The predicted octanol–water partition coefficient (Wildman–Crippen LogP) is 1.25. The summed E-state index contributed by atoms with van der Waals surface area (Å²) in [5, 5.41) is 5.22. The Morgan fingerprint density at radius 2 is 2.15 bits per heavy atom. The minimum Gasteiger partial charge on any atom is -0.483 e. The van der Waals surface area contributed by atoms with Crippen LogP contribution in [-0.2, 0) is 15.1 Å². The van der Waals surface area contributed by atoms with Crippen LogP contribution in [0.1, 0.15) is 20.8 Å². The van der Waals surface area contributed by atoms with Crippen molar-refractivity contribution < 1.29 is 14.3 Å². The Balaban J connectivity index is 1.61. The van der Waals surface area contributed by atoms with E-state index >= 15 is 0 Å². The molecule has 5 rings (SSSR count). The van der Waals surface area contributed by atoms with E-state index in [0.29, 0.717) is 25.5 Å². The first kappa shape index (κ1) is 16.2. The molecule has 0 spiro atoms. The zero-order valence-corrected chi connectivity index (χ0v) is 15.5. The summed E-state index contributed by atoms with van der Waals surface area (Å²) in [6.07, 6.45) is 2.06. The lowest BCUT2D eigenvalue weighted by molar-refractivity contribution is -0.138. The summed E-state index contributed by atoms with van der Waals surface area (Å²) in [5.41, 5.74) is 4.31. The normalized spacial score (nSPS) is 23.0. The highest BCUT2D eigenvalue weighted by molar-refractivity contribution is 6.10. The van der Waals surface area contributed by atoms with Crippen LogP contribution in [0.5, 0.6) is 5.75 Å². The molecule has 1 aromatic carbocycles. The van der Waals surface area contributed by atoms with Crippen LogP contribution >= 0.6 is 0 Å². The Labute approximate surface area is 156 Å². The minimum absolute atomic E-state index is 0.101. The third-order valence-corrected chi connectivity index (χ3v) is 5.82. The predicted molar refractivity (Wildman–Crippen MR) is 101 cm³/mol. The molecule has 8 nitrogen and oxygen atoms in total. The third kappa shape index (κ3) is 2.19. The summed E-state index contributed by atoms with van der Waals surface area (Å²) >= 11 is 0. The number of carbonyl (C=O) groups excluding carboxylic acids is 2. The van der Waals surface area contributed by atoms with E-state index in [-0.39, 0.29) is 23.4 Å². The van der Waals surface area contributed by atoms with E-state index in [1.807, 2.05) is 22.8 Å². The number of carbonyl (C=O) groups is 2. The van der Waals surface area contributed by atoms with Crippen LogP contribution in [0.3, 0.4) is 0 Å². The van der Waals surface area contributed by atoms with Gasteiger partial charge in [-0.3, -0.25) is 9.59 Å². The summed E-state index contributed by atoms with van der Waals surface area (Å²) in [6, 6.07) is 5.79. The molecule has 8 heteroatoms. The number of likely N-dealkylation sites (tertiary alicyclic amines) is 1. The highest BCUT2D eigenvalue weighted by Gasteiger charge is 2.42. The van der Waals surface area contributed by atoms with E-state index < -0.39 is 0 Å². The van der Waals surface area contributed by atoms with Crippen molar-refractivity contribution in [1.82, 2.24) is 14.9 Å². The molecule has 1 fully saturated rings. The molecule has 0 aliphatic carbocycles. The molecule has 27 heavy (non-hydrogen) atoms. The first-order valence-electron chi connectivity index (χ1n) is 9.07. The fraction of sp³-hybridized carbons (Fsp3) is 0.421. The Kier molecular flexibility index (Phi) is 3.14. The molecule has 3 aliphatic heterocycles. The van der Waals surface area contributed by atoms with Crippen molar-refractivity contribution in [3.8, 4) is 5.75 Å². The summed E-state index contributed by atoms with van der Waals surface area (Å²) in [6.45, 7) is 7.33. The van der Waals surface area contributed by atoms with Crippen molar-refractivity contribution in [1.29, 1.82) is 0 Å². The lowest BCUT2D eigenvalue weighted by Gasteiger charge is -2.49. The molecule has 2 amide bonds. The number of fused-ring (bicyclic) bond motifs is 4. The van der Waals surface area contributed by atoms with Crippen LogP contribution in [-0.4, -0.2) is 52.9 Å². The number of hydrogen-bond donors (Lipinski definition) is 1. The van der Waals surface area contributed by atoms with Gasteiger partial charge >= 0.3 is 0 Å². The zero-order chi connectivity index (χ0) is 18.9. The highest BCUT2D eigenvalue weighted by Crippen LogP contribution is 2.41. The first-order valence-corrected chi connectivity index (χ1v) is 9.07. The zero-order valence-electron chi connectivity index (χ0n) is 15.5. The Morgan fingerprint density at radius 3 is 2.89 bits per heavy atom. The van der Waals surface area contributed by atoms with Crippen LogP contribution in [0.15, 0.2) is 29.5 Å². The fourth-order valence-corrected chi connectivity index (χ4v) is 4.28. The number of nitrogens with one attached hydrogen (secondary N) is 1. The molecule has 140 valence electrons. The maximum Gasteiger partial charge on any atom is 0.262 e. The first-order chi connectivity index (χ1) is 12.9. The number of ether oxygens (including phenoxy) is 1. The lowest BCUT2D eigenvalue weighted by Crippen LogP contribution is -2.61. The topological polar surface area (TPSA) is 79.2 Å². The smallest absolute Gasteiger partial charge is 0.262 e. The van der Waals surface area contributed by atoms with Crippen molar-refractivity contribution in [3.63, 3.8) is 0 Å². The molecule has 0 radical (unpaired) electrons.